The number of hydrogen-bond donors (Lipinski definition) is 1. The zero-order valence-electron chi connectivity index (χ0n) is 18.1. The van der Waals surface area contributed by atoms with Crippen LogP contribution in [0.15, 0.2) is 43.5 Å². The molecule has 1 atom stereocenters. The summed E-state index contributed by atoms with van der Waals surface area (Å²) in [7, 11) is -0.762. The normalized spacial score (nSPS) is 26.3. The lowest BCUT2D eigenvalue weighted by Crippen LogP contribution is -2.55. The van der Waals surface area contributed by atoms with Gasteiger partial charge in [0.15, 0.2) is 17.2 Å². The summed E-state index contributed by atoms with van der Waals surface area (Å²) in [4.78, 5) is 17.2. The number of hydrogen-bond acceptors (Lipinski definition) is 6. The first-order valence-corrected chi connectivity index (χ1v) is 13.1. The Labute approximate surface area is 192 Å². The summed E-state index contributed by atoms with van der Waals surface area (Å²) in [5.41, 5.74) is 1.83. The highest BCUT2D eigenvalue weighted by Gasteiger charge is 2.54. The summed E-state index contributed by atoms with van der Waals surface area (Å²) in [5, 5.41) is 3.72. The maximum atomic E-state index is 12.6. The van der Waals surface area contributed by atoms with Gasteiger partial charge in [-0.1, -0.05) is 18.5 Å². The van der Waals surface area contributed by atoms with Gasteiger partial charge in [-0.25, -0.2) is 13.6 Å². The van der Waals surface area contributed by atoms with Gasteiger partial charge in [-0.05, 0) is 61.4 Å². The Morgan fingerprint density at radius 3 is 2.75 bits per heavy atom. The maximum absolute atomic E-state index is 12.6. The highest BCUT2D eigenvalue weighted by molar-refractivity contribution is 7.92. The molecular formula is C23H26ClN3O4S. The van der Waals surface area contributed by atoms with Crippen molar-refractivity contribution in [3.05, 3.63) is 52.8 Å². The first-order chi connectivity index (χ1) is 15.3. The van der Waals surface area contributed by atoms with E-state index in [0.29, 0.717) is 22.5 Å². The third kappa shape index (κ3) is 3.94. The Balaban J connectivity index is 1.13. The van der Waals surface area contributed by atoms with Gasteiger partial charge >= 0.3 is 0 Å². The van der Waals surface area contributed by atoms with Gasteiger partial charge in [0.25, 0.3) is 5.91 Å². The molecule has 5 rings (SSSR count). The number of halogens is 1. The first-order valence-electron chi connectivity index (χ1n) is 10.9. The van der Waals surface area contributed by atoms with E-state index in [0.717, 1.165) is 42.7 Å². The number of oxazole rings is 1. The fourth-order valence-electron chi connectivity index (χ4n) is 5.03. The van der Waals surface area contributed by atoms with Crippen LogP contribution in [0.25, 0.3) is 11.1 Å². The number of nitrogens with zero attached hydrogens (tertiary/aromatic N) is 2. The van der Waals surface area contributed by atoms with E-state index in [-0.39, 0.29) is 28.9 Å². The predicted molar refractivity (Wildman–Crippen MR) is 123 cm³/mol. The number of carbonyl (C=O) groups is 1. The Kier molecular flexibility index (Phi) is 5.33. The Morgan fingerprint density at radius 1 is 1.25 bits per heavy atom. The summed E-state index contributed by atoms with van der Waals surface area (Å²) in [6.45, 7) is 1.84. The monoisotopic (exact) mass is 475 g/mol. The van der Waals surface area contributed by atoms with Crippen molar-refractivity contribution in [3.8, 4) is 0 Å². The molecule has 0 saturated heterocycles. The average Bonchev–Trinajstić information content (AvgIpc) is 3.34. The lowest BCUT2D eigenvalue weighted by Gasteiger charge is -2.57. The Bertz CT molecular complexity index is 1290. The number of aromatic nitrogens is 1. The van der Waals surface area contributed by atoms with E-state index in [2.05, 4.69) is 14.7 Å². The standard InChI is InChI=1S/C23H26ClN3O4S/c1-3-32(29,25-2)13-17-5-7-20(30-17)21(28)26-16-11-23(12-16)9-14(10-23)22-27-18-8-15(24)4-6-19(18)31-22/h4-8,14,16H,3,9-13H2,1-2H3,(H,26,28). The SMILES string of the molecule is CCS(=O)(Cc1ccc(C(=O)NC2CC3(C2)CC(c2nc4cc(Cl)ccc4o2)C3)o1)=NC. The molecule has 1 spiro atoms. The molecule has 2 heterocycles. The molecule has 170 valence electrons. The fraction of sp³-hybridized carbons (Fsp3) is 0.478. The van der Waals surface area contributed by atoms with Gasteiger partial charge in [-0.3, -0.25) is 4.79 Å². The molecule has 2 aliphatic rings. The molecule has 1 aromatic carbocycles. The third-order valence-corrected chi connectivity index (χ3v) is 9.34. The van der Waals surface area contributed by atoms with Crippen molar-refractivity contribution in [2.75, 3.05) is 12.8 Å². The number of rotatable bonds is 6. The van der Waals surface area contributed by atoms with Crippen LogP contribution < -0.4 is 5.32 Å². The van der Waals surface area contributed by atoms with Gasteiger partial charge in [0.2, 0.25) is 0 Å². The van der Waals surface area contributed by atoms with Crippen LogP contribution in [0.1, 0.15) is 60.7 Å². The second-order valence-electron chi connectivity index (χ2n) is 9.00. The van der Waals surface area contributed by atoms with E-state index < -0.39 is 9.73 Å². The summed E-state index contributed by atoms with van der Waals surface area (Å²) >= 11 is 6.04. The molecule has 0 bridgehead atoms. The average molecular weight is 476 g/mol. The van der Waals surface area contributed by atoms with Gasteiger partial charge < -0.3 is 14.2 Å². The van der Waals surface area contributed by atoms with Crippen molar-refractivity contribution in [3.63, 3.8) is 0 Å². The highest BCUT2D eigenvalue weighted by Crippen LogP contribution is 2.61. The lowest BCUT2D eigenvalue weighted by atomic mass is 9.50. The fourth-order valence-corrected chi connectivity index (χ4v) is 6.38. The molecule has 7 nitrogen and oxygen atoms in total. The van der Waals surface area contributed by atoms with E-state index in [4.69, 9.17) is 20.4 Å². The maximum Gasteiger partial charge on any atom is 0.287 e. The van der Waals surface area contributed by atoms with Gasteiger partial charge in [0.1, 0.15) is 11.3 Å². The van der Waals surface area contributed by atoms with Crippen LogP contribution in [-0.4, -0.2) is 33.9 Å². The summed E-state index contributed by atoms with van der Waals surface area (Å²) in [6, 6.07) is 8.99. The zero-order valence-corrected chi connectivity index (χ0v) is 19.7. The van der Waals surface area contributed by atoms with Crippen molar-refractivity contribution >= 4 is 38.3 Å². The number of carbonyl (C=O) groups excluding carboxylic acids is 1. The molecule has 3 aromatic rings. The van der Waals surface area contributed by atoms with Crippen LogP contribution in [0.5, 0.6) is 0 Å². The van der Waals surface area contributed by atoms with Crippen LogP contribution in [0.2, 0.25) is 5.02 Å². The molecule has 1 N–H and O–H groups in total. The van der Waals surface area contributed by atoms with Gasteiger partial charge in [-0.2, -0.15) is 0 Å². The van der Waals surface area contributed by atoms with Crippen molar-refractivity contribution < 1.29 is 17.8 Å². The van der Waals surface area contributed by atoms with Gasteiger partial charge in [-0.15, -0.1) is 0 Å². The van der Waals surface area contributed by atoms with E-state index in [1.54, 1.807) is 19.2 Å². The molecule has 2 saturated carbocycles. The van der Waals surface area contributed by atoms with Crippen LogP contribution in [-0.2, 0) is 15.5 Å². The topological polar surface area (TPSA) is 97.7 Å². The first kappa shape index (κ1) is 21.5. The van der Waals surface area contributed by atoms with Crippen LogP contribution >= 0.6 is 11.6 Å². The minimum absolute atomic E-state index is 0.143. The van der Waals surface area contributed by atoms with Crippen molar-refractivity contribution in [1.29, 1.82) is 0 Å². The van der Waals surface area contributed by atoms with E-state index >= 15 is 0 Å². The molecule has 1 unspecified atom stereocenters. The zero-order chi connectivity index (χ0) is 22.5. The van der Waals surface area contributed by atoms with Crippen molar-refractivity contribution in [2.24, 2.45) is 9.78 Å². The Morgan fingerprint density at radius 2 is 2.03 bits per heavy atom. The minimum Gasteiger partial charge on any atom is -0.455 e. The summed E-state index contributed by atoms with van der Waals surface area (Å²) < 4.78 is 28.0. The van der Waals surface area contributed by atoms with E-state index in [1.807, 2.05) is 25.1 Å². The summed E-state index contributed by atoms with van der Waals surface area (Å²) in [5.74, 6) is 2.34. The molecule has 1 amide bonds. The third-order valence-electron chi connectivity index (χ3n) is 6.81. The molecule has 32 heavy (non-hydrogen) atoms. The quantitative estimate of drug-likeness (QED) is 0.531. The molecule has 0 radical (unpaired) electrons. The molecule has 2 fully saturated rings. The predicted octanol–water partition coefficient (Wildman–Crippen LogP) is 5.15. The molecular weight excluding hydrogens is 450 g/mol. The van der Waals surface area contributed by atoms with E-state index in [1.165, 1.54) is 0 Å². The number of benzene rings is 1. The largest absolute Gasteiger partial charge is 0.455 e. The number of amides is 1. The second kappa shape index (κ2) is 7.92. The van der Waals surface area contributed by atoms with Gasteiger partial charge in [0, 0.05) is 29.8 Å². The lowest BCUT2D eigenvalue weighted by molar-refractivity contribution is -0.0256. The highest BCUT2D eigenvalue weighted by atomic mass is 35.5. The molecule has 9 heteroatoms. The van der Waals surface area contributed by atoms with Crippen LogP contribution in [0.4, 0.5) is 0 Å². The smallest absolute Gasteiger partial charge is 0.287 e. The second-order valence-corrected chi connectivity index (χ2v) is 12.2. The van der Waals surface area contributed by atoms with Crippen molar-refractivity contribution in [1.82, 2.24) is 10.3 Å². The van der Waals surface area contributed by atoms with E-state index in [9.17, 15) is 9.00 Å². The van der Waals surface area contributed by atoms with Crippen LogP contribution in [0, 0.1) is 5.41 Å². The van der Waals surface area contributed by atoms with Crippen LogP contribution in [0.3, 0.4) is 0 Å². The molecule has 2 aliphatic carbocycles. The molecule has 2 aromatic heterocycles. The summed E-state index contributed by atoms with van der Waals surface area (Å²) in [6.07, 6.45) is 3.95. The number of nitrogens with one attached hydrogen (secondary N) is 1. The van der Waals surface area contributed by atoms with Gasteiger partial charge in [0.05, 0.1) is 15.5 Å². The Hall–Kier alpha value is -2.32. The van der Waals surface area contributed by atoms with Crippen molar-refractivity contribution in [2.45, 2.75) is 50.3 Å². The number of furan rings is 1. The minimum atomic E-state index is -2.32. The molecule has 0 aliphatic heterocycles. The number of fused-ring (bicyclic) bond motifs is 1.